The quantitative estimate of drug-likeness (QED) is 0.825. The van der Waals surface area contributed by atoms with Gasteiger partial charge in [-0.25, -0.2) is 0 Å². The van der Waals surface area contributed by atoms with E-state index in [1.165, 1.54) is 56.5 Å². The van der Waals surface area contributed by atoms with Crippen molar-refractivity contribution in [1.29, 1.82) is 0 Å². The van der Waals surface area contributed by atoms with Crippen LogP contribution in [0.1, 0.15) is 58.8 Å². The normalized spacial score (nSPS) is 29.3. The van der Waals surface area contributed by atoms with E-state index in [1.807, 2.05) is 11.8 Å². The lowest BCUT2D eigenvalue weighted by Gasteiger charge is -2.44. The average molecular weight is 271 g/mol. The molecule has 2 atom stereocenters. The van der Waals surface area contributed by atoms with Crippen molar-refractivity contribution in [2.75, 3.05) is 18.1 Å². The van der Waals surface area contributed by atoms with Gasteiger partial charge < -0.3 is 10.1 Å². The molecule has 0 aromatic heterocycles. The second-order valence-corrected chi connectivity index (χ2v) is 7.33. The van der Waals surface area contributed by atoms with E-state index in [4.69, 9.17) is 4.74 Å². The standard InChI is InChI=1S/C15H29NOS/c1-3-18-12-13(2)16-14-7-10-17-15(11-14)8-5-4-6-9-15/h13-14,16H,3-12H2,1-2H3. The van der Waals surface area contributed by atoms with Crippen molar-refractivity contribution in [1.82, 2.24) is 5.32 Å². The molecular formula is C15H29NOS. The molecule has 1 saturated heterocycles. The van der Waals surface area contributed by atoms with Gasteiger partial charge >= 0.3 is 0 Å². The van der Waals surface area contributed by atoms with Crippen molar-refractivity contribution in [2.45, 2.75) is 76.5 Å². The summed E-state index contributed by atoms with van der Waals surface area (Å²) >= 11 is 2.04. The monoisotopic (exact) mass is 271 g/mol. The molecule has 18 heavy (non-hydrogen) atoms. The predicted molar refractivity (Wildman–Crippen MR) is 80.4 cm³/mol. The molecule has 1 heterocycles. The molecular weight excluding hydrogens is 242 g/mol. The Morgan fingerprint density at radius 1 is 1.33 bits per heavy atom. The maximum Gasteiger partial charge on any atom is 0.0697 e. The third kappa shape index (κ3) is 4.14. The number of ether oxygens (including phenoxy) is 1. The van der Waals surface area contributed by atoms with Gasteiger partial charge in [-0.1, -0.05) is 26.2 Å². The molecule has 2 unspecified atom stereocenters. The van der Waals surface area contributed by atoms with Gasteiger partial charge in [-0.05, 0) is 38.4 Å². The van der Waals surface area contributed by atoms with Gasteiger partial charge in [0.15, 0.2) is 0 Å². The zero-order valence-electron chi connectivity index (χ0n) is 12.0. The van der Waals surface area contributed by atoms with E-state index in [2.05, 4.69) is 19.2 Å². The summed E-state index contributed by atoms with van der Waals surface area (Å²) in [6.45, 7) is 5.53. The highest BCUT2D eigenvalue weighted by Crippen LogP contribution is 2.38. The van der Waals surface area contributed by atoms with E-state index in [9.17, 15) is 0 Å². The predicted octanol–water partition coefficient (Wildman–Crippen LogP) is 3.60. The summed E-state index contributed by atoms with van der Waals surface area (Å²) in [5.41, 5.74) is 0.242. The highest BCUT2D eigenvalue weighted by molar-refractivity contribution is 7.99. The Bertz CT molecular complexity index is 235. The second-order valence-electron chi connectivity index (χ2n) is 6.01. The van der Waals surface area contributed by atoms with Gasteiger partial charge in [-0.15, -0.1) is 0 Å². The van der Waals surface area contributed by atoms with Crippen LogP contribution in [0, 0.1) is 0 Å². The van der Waals surface area contributed by atoms with Crippen LogP contribution in [0.25, 0.3) is 0 Å². The van der Waals surface area contributed by atoms with Gasteiger partial charge in [0.2, 0.25) is 0 Å². The molecule has 1 saturated carbocycles. The Labute approximate surface area is 117 Å². The highest BCUT2D eigenvalue weighted by Gasteiger charge is 2.38. The van der Waals surface area contributed by atoms with Gasteiger partial charge in [-0.3, -0.25) is 0 Å². The smallest absolute Gasteiger partial charge is 0.0697 e. The molecule has 3 heteroatoms. The lowest BCUT2D eigenvalue weighted by Crippen LogP contribution is -2.50. The SMILES string of the molecule is CCSCC(C)NC1CCOC2(CCCCC2)C1. The fourth-order valence-corrected chi connectivity index (χ4v) is 4.15. The van der Waals surface area contributed by atoms with Crippen LogP contribution in [0.15, 0.2) is 0 Å². The molecule has 0 aromatic carbocycles. The van der Waals surface area contributed by atoms with Gasteiger partial charge in [0.25, 0.3) is 0 Å². The molecule has 0 bridgehead atoms. The van der Waals surface area contributed by atoms with Crippen LogP contribution >= 0.6 is 11.8 Å². The summed E-state index contributed by atoms with van der Waals surface area (Å²) in [6.07, 6.45) is 9.18. The fraction of sp³-hybridized carbons (Fsp3) is 1.00. The van der Waals surface area contributed by atoms with Crippen LogP contribution in [0.3, 0.4) is 0 Å². The minimum absolute atomic E-state index is 0.242. The Morgan fingerprint density at radius 3 is 2.83 bits per heavy atom. The lowest BCUT2D eigenvalue weighted by molar-refractivity contribution is -0.109. The zero-order valence-corrected chi connectivity index (χ0v) is 12.9. The third-order valence-electron chi connectivity index (χ3n) is 4.35. The number of hydrogen-bond acceptors (Lipinski definition) is 3. The van der Waals surface area contributed by atoms with Crippen LogP contribution in [-0.2, 0) is 4.74 Å². The van der Waals surface area contributed by atoms with Crippen molar-refractivity contribution in [3.63, 3.8) is 0 Å². The van der Waals surface area contributed by atoms with E-state index in [1.54, 1.807) is 0 Å². The van der Waals surface area contributed by atoms with Gasteiger partial charge in [-0.2, -0.15) is 11.8 Å². The van der Waals surface area contributed by atoms with E-state index in [0.29, 0.717) is 12.1 Å². The molecule has 2 nitrogen and oxygen atoms in total. The molecule has 1 aliphatic carbocycles. The minimum atomic E-state index is 0.242. The van der Waals surface area contributed by atoms with E-state index in [0.717, 1.165) is 6.61 Å². The molecule has 2 aliphatic rings. The summed E-state index contributed by atoms with van der Waals surface area (Å²) in [5, 5.41) is 3.82. The molecule has 0 amide bonds. The summed E-state index contributed by atoms with van der Waals surface area (Å²) < 4.78 is 6.15. The molecule has 2 fully saturated rings. The van der Waals surface area contributed by atoms with Crippen molar-refractivity contribution in [2.24, 2.45) is 0 Å². The van der Waals surface area contributed by atoms with Crippen LogP contribution in [0.5, 0.6) is 0 Å². The summed E-state index contributed by atoms with van der Waals surface area (Å²) in [5.74, 6) is 2.46. The van der Waals surface area contributed by atoms with Crippen LogP contribution in [0.2, 0.25) is 0 Å². The average Bonchev–Trinajstić information content (AvgIpc) is 2.37. The van der Waals surface area contributed by atoms with E-state index in [-0.39, 0.29) is 5.60 Å². The van der Waals surface area contributed by atoms with E-state index >= 15 is 0 Å². The molecule has 0 aromatic rings. The molecule has 0 radical (unpaired) electrons. The number of hydrogen-bond donors (Lipinski definition) is 1. The molecule has 1 spiro atoms. The lowest BCUT2D eigenvalue weighted by atomic mass is 9.78. The van der Waals surface area contributed by atoms with Gasteiger partial charge in [0, 0.05) is 24.4 Å². The molecule has 1 N–H and O–H groups in total. The number of rotatable bonds is 5. The summed E-state index contributed by atoms with van der Waals surface area (Å²) in [7, 11) is 0. The third-order valence-corrected chi connectivity index (χ3v) is 5.49. The molecule has 106 valence electrons. The maximum absolute atomic E-state index is 6.15. The van der Waals surface area contributed by atoms with Crippen LogP contribution in [0.4, 0.5) is 0 Å². The zero-order chi connectivity index (χ0) is 12.8. The van der Waals surface area contributed by atoms with Crippen LogP contribution in [-0.4, -0.2) is 35.8 Å². The second kappa shape index (κ2) is 7.16. The summed E-state index contributed by atoms with van der Waals surface area (Å²) in [4.78, 5) is 0. The number of thioether (sulfide) groups is 1. The first kappa shape index (κ1) is 14.7. The van der Waals surface area contributed by atoms with Crippen molar-refractivity contribution < 1.29 is 4.74 Å². The first-order chi connectivity index (χ1) is 8.74. The Kier molecular flexibility index (Phi) is 5.84. The largest absolute Gasteiger partial charge is 0.375 e. The molecule has 2 rings (SSSR count). The van der Waals surface area contributed by atoms with Gasteiger partial charge in [0.1, 0.15) is 0 Å². The molecule has 1 aliphatic heterocycles. The number of nitrogens with one attached hydrogen (secondary N) is 1. The van der Waals surface area contributed by atoms with Crippen molar-refractivity contribution >= 4 is 11.8 Å². The minimum Gasteiger partial charge on any atom is -0.375 e. The van der Waals surface area contributed by atoms with E-state index < -0.39 is 0 Å². The maximum atomic E-state index is 6.15. The highest BCUT2D eigenvalue weighted by atomic mass is 32.2. The Hall–Kier alpha value is 0.270. The van der Waals surface area contributed by atoms with Crippen molar-refractivity contribution in [3.8, 4) is 0 Å². The summed E-state index contributed by atoms with van der Waals surface area (Å²) in [6, 6.07) is 1.32. The fourth-order valence-electron chi connectivity index (χ4n) is 3.46. The van der Waals surface area contributed by atoms with Crippen molar-refractivity contribution in [3.05, 3.63) is 0 Å². The Balaban J connectivity index is 1.79. The Morgan fingerprint density at radius 2 is 2.11 bits per heavy atom. The first-order valence-electron chi connectivity index (χ1n) is 7.72. The van der Waals surface area contributed by atoms with Gasteiger partial charge in [0.05, 0.1) is 5.60 Å². The topological polar surface area (TPSA) is 21.3 Å². The van der Waals surface area contributed by atoms with Crippen LogP contribution < -0.4 is 5.32 Å². The first-order valence-corrected chi connectivity index (χ1v) is 8.87.